The van der Waals surface area contributed by atoms with Gasteiger partial charge in [0.2, 0.25) is 0 Å². The average Bonchev–Trinajstić information content (AvgIpc) is 1.97. The van der Waals surface area contributed by atoms with Gasteiger partial charge in [0, 0.05) is 0 Å². The van der Waals surface area contributed by atoms with E-state index in [1.54, 1.807) is 13.8 Å². The second-order valence-corrected chi connectivity index (χ2v) is 5.94. The van der Waals surface area contributed by atoms with Crippen molar-refractivity contribution in [2.45, 2.75) is 39.5 Å². The number of carbonyl (C=O) groups is 2. The van der Waals surface area contributed by atoms with E-state index in [1.165, 1.54) is 0 Å². The third kappa shape index (κ3) is 1.27. The topological polar surface area (TPSA) is 74.6 Å². The number of carboxylic acid groups (broad SMARTS) is 2. The van der Waals surface area contributed by atoms with Crippen molar-refractivity contribution in [2.75, 3.05) is 0 Å². The van der Waals surface area contributed by atoms with Crippen LogP contribution in [0.5, 0.6) is 0 Å². The molecule has 0 aromatic rings. The molecule has 1 spiro atoms. The molecule has 2 fully saturated rings. The molecule has 0 radical (unpaired) electrons. The second-order valence-electron chi connectivity index (χ2n) is 5.94. The van der Waals surface area contributed by atoms with E-state index in [0.29, 0.717) is 25.7 Å². The van der Waals surface area contributed by atoms with E-state index in [0.717, 1.165) is 0 Å². The third-order valence-corrected chi connectivity index (χ3v) is 4.09. The van der Waals surface area contributed by atoms with Gasteiger partial charge in [0.15, 0.2) is 0 Å². The van der Waals surface area contributed by atoms with Gasteiger partial charge >= 0.3 is 11.9 Å². The number of carboxylic acids is 2. The van der Waals surface area contributed by atoms with Crippen molar-refractivity contribution in [1.29, 1.82) is 0 Å². The molecule has 0 heterocycles. The predicted molar refractivity (Wildman–Crippen MR) is 52.4 cm³/mol. The van der Waals surface area contributed by atoms with Crippen molar-refractivity contribution in [3.8, 4) is 0 Å². The van der Waals surface area contributed by atoms with Crippen molar-refractivity contribution in [3.05, 3.63) is 0 Å². The first kappa shape index (κ1) is 10.5. The Hall–Kier alpha value is -1.06. The monoisotopic (exact) mass is 212 g/mol. The normalized spacial score (nSPS) is 48.1. The largest absolute Gasteiger partial charge is 0.481 e. The summed E-state index contributed by atoms with van der Waals surface area (Å²) in [6.45, 7) is 3.49. The van der Waals surface area contributed by atoms with Crippen molar-refractivity contribution in [2.24, 2.45) is 16.2 Å². The summed E-state index contributed by atoms with van der Waals surface area (Å²) in [5.74, 6) is -1.51. The summed E-state index contributed by atoms with van der Waals surface area (Å²) in [5, 5.41) is 17.9. The average molecular weight is 212 g/mol. The van der Waals surface area contributed by atoms with E-state index in [1.807, 2.05) is 0 Å². The molecule has 4 heteroatoms. The van der Waals surface area contributed by atoms with Crippen LogP contribution in [0.15, 0.2) is 0 Å². The Balaban J connectivity index is 1.98. The van der Waals surface area contributed by atoms with E-state index < -0.39 is 22.8 Å². The summed E-state index contributed by atoms with van der Waals surface area (Å²) >= 11 is 0. The van der Waals surface area contributed by atoms with Crippen LogP contribution >= 0.6 is 0 Å². The van der Waals surface area contributed by atoms with E-state index in [9.17, 15) is 9.59 Å². The van der Waals surface area contributed by atoms with Gasteiger partial charge in [-0.15, -0.1) is 0 Å². The second kappa shape index (κ2) is 2.54. The van der Waals surface area contributed by atoms with Crippen LogP contribution in [0.1, 0.15) is 39.5 Å². The first-order valence-corrected chi connectivity index (χ1v) is 5.18. The van der Waals surface area contributed by atoms with E-state index in [-0.39, 0.29) is 5.41 Å². The summed E-state index contributed by atoms with van der Waals surface area (Å²) in [4.78, 5) is 21.8. The van der Waals surface area contributed by atoms with Gasteiger partial charge in [0.25, 0.3) is 0 Å². The summed E-state index contributed by atoms with van der Waals surface area (Å²) in [6, 6.07) is 0. The Morgan fingerprint density at radius 3 is 1.33 bits per heavy atom. The minimum Gasteiger partial charge on any atom is -0.481 e. The first-order chi connectivity index (χ1) is 6.72. The highest BCUT2D eigenvalue weighted by atomic mass is 16.4. The number of hydrogen-bond donors (Lipinski definition) is 2. The van der Waals surface area contributed by atoms with Crippen LogP contribution in [-0.4, -0.2) is 22.2 Å². The molecule has 2 aliphatic carbocycles. The fourth-order valence-electron chi connectivity index (χ4n) is 3.76. The molecule has 15 heavy (non-hydrogen) atoms. The lowest BCUT2D eigenvalue weighted by Gasteiger charge is -2.63. The molecule has 0 bridgehead atoms. The fourth-order valence-corrected chi connectivity index (χ4v) is 3.76. The standard InChI is InChI=1S/C11H16O4/c1-9(7(12)13)3-11(4-9)5-10(2,6-11)8(14)15/h3-6H2,1-2H3,(H,12,13)(H,14,15). The van der Waals surface area contributed by atoms with Gasteiger partial charge in [-0.05, 0) is 44.9 Å². The van der Waals surface area contributed by atoms with Crippen molar-refractivity contribution in [1.82, 2.24) is 0 Å². The van der Waals surface area contributed by atoms with Crippen LogP contribution < -0.4 is 0 Å². The molecule has 84 valence electrons. The highest BCUT2D eigenvalue weighted by molar-refractivity contribution is 5.78. The Bertz CT molecular complexity index is 295. The minimum absolute atomic E-state index is 0.0142. The molecule has 2 N–H and O–H groups in total. The maximum atomic E-state index is 10.9. The molecule has 2 saturated carbocycles. The van der Waals surface area contributed by atoms with Crippen molar-refractivity contribution >= 4 is 11.9 Å². The van der Waals surface area contributed by atoms with E-state index >= 15 is 0 Å². The maximum absolute atomic E-state index is 10.9. The quantitative estimate of drug-likeness (QED) is 0.731. The van der Waals surface area contributed by atoms with Gasteiger partial charge < -0.3 is 10.2 Å². The maximum Gasteiger partial charge on any atom is 0.309 e. The van der Waals surface area contributed by atoms with Crippen LogP contribution in [0.3, 0.4) is 0 Å². The lowest BCUT2D eigenvalue weighted by molar-refractivity contribution is -0.199. The van der Waals surface area contributed by atoms with Gasteiger partial charge in [-0.1, -0.05) is 0 Å². The summed E-state index contributed by atoms with van der Waals surface area (Å²) in [5.41, 5.74) is -1.21. The van der Waals surface area contributed by atoms with Crippen LogP contribution in [-0.2, 0) is 9.59 Å². The molecular formula is C11H16O4. The summed E-state index contributed by atoms with van der Waals surface area (Å²) in [6.07, 6.45) is 2.55. The molecule has 2 rings (SSSR count). The van der Waals surface area contributed by atoms with E-state index in [2.05, 4.69) is 0 Å². The molecule has 0 aromatic heterocycles. The predicted octanol–water partition coefficient (Wildman–Crippen LogP) is 1.74. The smallest absolute Gasteiger partial charge is 0.309 e. The molecule has 0 aliphatic heterocycles. The summed E-state index contributed by atoms with van der Waals surface area (Å²) in [7, 11) is 0. The van der Waals surface area contributed by atoms with Crippen LogP contribution in [0.4, 0.5) is 0 Å². The van der Waals surface area contributed by atoms with Crippen LogP contribution in [0.25, 0.3) is 0 Å². The molecule has 4 nitrogen and oxygen atoms in total. The molecule has 2 aliphatic rings. The molecule has 0 atom stereocenters. The number of aliphatic carboxylic acids is 2. The van der Waals surface area contributed by atoms with Gasteiger partial charge in [-0.2, -0.15) is 0 Å². The molecular weight excluding hydrogens is 196 g/mol. The SMILES string of the molecule is CC1(C(=O)O)CC2(C1)CC(C)(C(=O)O)C2. The lowest BCUT2D eigenvalue weighted by Crippen LogP contribution is -2.60. The lowest BCUT2D eigenvalue weighted by atomic mass is 9.39. The number of rotatable bonds is 2. The first-order valence-electron chi connectivity index (χ1n) is 5.18. The molecule has 0 saturated heterocycles. The zero-order valence-electron chi connectivity index (χ0n) is 9.04. The Labute approximate surface area is 88.3 Å². The zero-order valence-corrected chi connectivity index (χ0v) is 9.04. The van der Waals surface area contributed by atoms with Crippen molar-refractivity contribution in [3.63, 3.8) is 0 Å². The Morgan fingerprint density at radius 2 is 1.13 bits per heavy atom. The molecule has 0 amide bonds. The van der Waals surface area contributed by atoms with E-state index in [4.69, 9.17) is 10.2 Å². The summed E-state index contributed by atoms with van der Waals surface area (Å²) < 4.78 is 0. The van der Waals surface area contributed by atoms with Gasteiger partial charge in [-0.3, -0.25) is 9.59 Å². The number of hydrogen-bond acceptors (Lipinski definition) is 2. The molecule has 0 unspecified atom stereocenters. The minimum atomic E-state index is -0.753. The Morgan fingerprint density at radius 1 is 0.867 bits per heavy atom. The van der Waals surface area contributed by atoms with Crippen molar-refractivity contribution < 1.29 is 19.8 Å². The third-order valence-electron chi connectivity index (χ3n) is 4.09. The fraction of sp³-hybridized carbons (Fsp3) is 0.818. The highest BCUT2D eigenvalue weighted by Crippen LogP contribution is 2.70. The highest BCUT2D eigenvalue weighted by Gasteiger charge is 2.66. The Kier molecular flexibility index (Phi) is 1.77. The van der Waals surface area contributed by atoms with Gasteiger partial charge in [0.1, 0.15) is 0 Å². The van der Waals surface area contributed by atoms with Gasteiger partial charge in [0.05, 0.1) is 10.8 Å². The van der Waals surface area contributed by atoms with Crippen LogP contribution in [0.2, 0.25) is 0 Å². The molecule has 0 aromatic carbocycles. The van der Waals surface area contributed by atoms with Gasteiger partial charge in [-0.25, -0.2) is 0 Å². The zero-order chi connectivity index (χ0) is 11.5. The van der Waals surface area contributed by atoms with Crippen LogP contribution in [0, 0.1) is 16.2 Å².